The number of nitrogens with zero attached hydrogens (tertiary/aromatic N) is 3. The van der Waals surface area contributed by atoms with Crippen molar-refractivity contribution in [2.24, 2.45) is 5.92 Å². The zero-order valence-corrected chi connectivity index (χ0v) is 21.1. The molecule has 34 heavy (non-hydrogen) atoms. The van der Waals surface area contributed by atoms with Crippen molar-refractivity contribution in [2.75, 3.05) is 11.4 Å². The third-order valence-corrected chi connectivity index (χ3v) is 6.85. The van der Waals surface area contributed by atoms with E-state index in [4.69, 9.17) is 4.74 Å². The van der Waals surface area contributed by atoms with Crippen LogP contribution in [0.1, 0.15) is 71.6 Å². The van der Waals surface area contributed by atoms with Gasteiger partial charge in [-0.3, -0.25) is 9.78 Å². The molecule has 2 aliphatic rings. The molecule has 0 unspecified atom stereocenters. The van der Waals surface area contributed by atoms with Crippen LogP contribution in [-0.2, 0) is 21.5 Å². The van der Waals surface area contributed by atoms with Crippen molar-refractivity contribution in [2.45, 2.75) is 83.9 Å². The van der Waals surface area contributed by atoms with Crippen LogP contribution in [0, 0.1) is 5.92 Å². The molecule has 0 bridgehead atoms. The Labute approximate surface area is 203 Å². The van der Waals surface area contributed by atoms with Gasteiger partial charge in [0.15, 0.2) is 0 Å². The van der Waals surface area contributed by atoms with Crippen LogP contribution in [0.15, 0.2) is 48.7 Å². The molecule has 0 atom stereocenters. The van der Waals surface area contributed by atoms with Crippen LogP contribution in [0.5, 0.6) is 0 Å². The lowest BCUT2D eigenvalue weighted by Crippen LogP contribution is -2.46. The number of fused-ring (bicyclic) bond motifs is 1. The Morgan fingerprint density at radius 3 is 2.38 bits per heavy atom. The first-order valence-corrected chi connectivity index (χ1v) is 12.4. The van der Waals surface area contributed by atoms with E-state index in [0.717, 1.165) is 42.6 Å². The van der Waals surface area contributed by atoms with Gasteiger partial charge in [-0.1, -0.05) is 44.2 Å². The van der Waals surface area contributed by atoms with Crippen LogP contribution in [0.4, 0.5) is 10.5 Å². The summed E-state index contributed by atoms with van der Waals surface area (Å²) < 4.78 is 5.75. The number of rotatable bonds is 4. The van der Waals surface area contributed by atoms with Gasteiger partial charge in [0, 0.05) is 36.7 Å². The summed E-state index contributed by atoms with van der Waals surface area (Å²) in [5.74, 6) is 0.153. The molecule has 1 aromatic heterocycles. The van der Waals surface area contributed by atoms with E-state index in [1.54, 1.807) is 6.20 Å². The highest BCUT2D eigenvalue weighted by molar-refractivity contribution is 5.97. The summed E-state index contributed by atoms with van der Waals surface area (Å²) >= 11 is 0. The number of ether oxygens (including phenoxy) is 1. The molecular weight excluding hydrogens is 426 g/mol. The minimum atomic E-state index is -0.552. The van der Waals surface area contributed by atoms with E-state index in [1.807, 2.05) is 73.0 Å². The Morgan fingerprint density at radius 2 is 1.74 bits per heavy atom. The second-order valence-corrected chi connectivity index (χ2v) is 11.3. The number of carbonyl (C=O) groups excluding carboxylic acids is 2. The summed E-state index contributed by atoms with van der Waals surface area (Å²) in [4.78, 5) is 35.0. The molecule has 0 N–H and O–H groups in total. The molecule has 1 saturated carbocycles. The Hall–Kier alpha value is -2.89. The molecule has 1 aliphatic carbocycles. The van der Waals surface area contributed by atoms with Crippen molar-refractivity contribution < 1.29 is 14.3 Å². The van der Waals surface area contributed by atoms with Gasteiger partial charge < -0.3 is 14.5 Å². The van der Waals surface area contributed by atoms with Crippen molar-refractivity contribution in [1.29, 1.82) is 0 Å². The van der Waals surface area contributed by atoms with Crippen molar-refractivity contribution in [3.63, 3.8) is 0 Å². The van der Waals surface area contributed by atoms with Crippen LogP contribution in [-0.4, -0.2) is 40.1 Å². The van der Waals surface area contributed by atoms with E-state index < -0.39 is 5.60 Å². The van der Waals surface area contributed by atoms with Crippen LogP contribution in [0.2, 0.25) is 0 Å². The number of hydrogen-bond acceptors (Lipinski definition) is 4. The Bertz CT molecular complexity index is 1020. The van der Waals surface area contributed by atoms with Crippen LogP contribution >= 0.6 is 0 Å². The van der Waals surface area contributed by atoms with Crippen molar-refractivity contribution in [1.82, 2.24) is 9.88 Å². The Kier molecular flexibility index (Phi) is 6.70. The second kappa shape index (κ2) is 9.40. The molecule has 1 aromatic carbocycles. The predicted octanol–water partition coefficient (Wildman–Crippen LogP) is 5.70. The van der Waals surface area contributed by atoms with Crippen molar-refractivity contribution in [3.05, 3.63) is 59.9 Å². The quantitative estimate of drug-likeness (QED) is 0.583. The maximum absolute atomic E-state index is 13.5. The normalized spacial score (nSPS) is 21.6. The topological polar surface area (TPSA) is 62.7 Å². The predicted molar refractivity (Wildman–Crippen MR) is 134 cm³/mol. The Morgan fingerprint density at radius 1 is 1.06 bits per heavy atom. The number of hydrogen-bond donors (Lipinski definition) is 0. The van der Waals surface area contributed by atoms with E-state index in [1.165, 1.54) is 0 Å². The average molecular weight is 464 g/mol. The fourth-order valence-electron chi connectivity index (χ4n) is 5.19. The molecule has 182 valence electrons. The first-order chi connectivity index (χ1) is 16.0. The van der Waals surface area contributed by atoms with Crippen LogP contribution < -0.4 is 4.90 Å². The van der Waals surface area contributed by atoms with Gasteiger partial charge in [-0.2, -0.15) is 0 Å². The number of carbonyl (C=O) groups is 2. The molecule has 6 heteroatoms. The first-order valence-electron chi connectivity index (χ1n) is 12.4. The summed E-state index contributed by atoms with van der Waals surface area (Å²) in [7, 11) is 0. The SMILES string of the molecule is CC(C)(C)OC(=O)N(Cc1ccccc1)C1CCC(C(=O)N2CC(C)(C)c3ncccc32)CC1. The van der Waals surface area contributed by atoms with Gasteiger partial charge in [-0.15, -0.1) is 0 Å². The minimum Gasteiger partial charge on any atom is -0.444 e. The lowest BCUT2D eigenvalue weighted by molar-refractivity contribution is -0.123. The third kappa shape index (κ3) is 5.26. The molecule has 2 heterocycles. The highest BCUT2D eigenvalue weighted by Crippen LogP contribution is 2.41. The number of aromatic nitrogens is 1. The lowest BCUT2D eigenvalue weighted by Gasteiger charge is -2.38. The largest absolute Gasteiger partial charge is 0.444 e. The summed E-state index contributed by atoms with van der Waals surface area (Å²) in [6, 6.07) is 14.0. The summed E-state index contributed by atoms with van der Waals surface area (Å²) in [6.07, 6.45) is 4.64. The molecule has 2 aromatic rings. The molecule has 2 amide bonds. The highest BCUT2D eigenvalue weighted by Gasteiger charge is 2.42. The first kappa shape index (κ1) is 24.2. The van der Waals surface area contributed by atoms with E-state index in [0.29, 0.717) is 13.1 Å². The van der Waals surface area contributed by atoms with E-state index in [2.05, 4.69) is 18.8 Å². The van der Waals surface area contributed by atoms with E-state index >= 15 is 0 Å². The maximum atomic E-state index is 13.5. The molecule has 1 fully saturated rings. The fourth-order valence-corrected chi connectivity index (χ4v) is 5.19. The van der Waals surface area contributed by atoms with Gasteiger partial charge in [-0.05, 0) is 64.2 Å². The van der Waals surface area contributed by atoms with Crippen molar-refractivity contribution >= 4 is 17.7 Å². The third-order valence-electron chi connectivity index (χ3n) is 6.85. The van der Waals surface area contributed by atoms with Crippen LogP contribution in [0.25, 0.3) is 0 Å². The number of amides is 2. The molecule has 0 radical (unpaired) electrons. The van der Waals surface area contributed by atoms with Gasteiger partial charge in [-0.25, -0.2) is 4.79 Å². The lowest BCUT2D eigenvalue weighted by atomic mass is 9.84. The van der Waals surface area contributed by atoms with Gasteiger partial charge in [0.05, 0.1) is 11.4 Å². The average Bonchev–Trinajstić information content (AvgIpc) is 3.08. The number of benzene rings is 1. The molecule has 1 aliphatic heterocycles. The molecule has 0 spiro atoms. The monoisotopic (exact) mass is 463 g/mol. The standard InChI is InChI=1S/C28H37N3O3/c1-27(2,3)34-26(33)30(18-20-10-7-6-8-11-20)22-15-13-21(14-16-22)25(32)31-19-28(4,5)24-23(31)12-9-17-29-24/h6-12,17,21-22H,13-16,18-19H2,1-5H3. The minimum absolute atomic E-state index is 0.0320. The molecular formula is C28H37N3O3. The number of pyridine rings is 1. The van der Waals surface area contributed by atoms with Gasteiger partial charge in [0.2, 0.25) is 5.91 Å². The van der Waals surface area contributed by atoms with Gasteiger partial charge >= 0.3 is 6.09 Å². The van der Waals surface area contributed by atoms with Gasteiger partial charge in [0.25, 0.3) is 0 Å². The van der Waals surface area contributed by atoms with Gasteiger partial charge in [0.1, 0.15) is 5.60 Å². The van der Waals surface area contributed by atoms with Crippen LogP contribution in [0.3, 0.4) is 0 Å². The summed E-state index contributed by atoms with van der Waals surface area (Å²) in [5.41, 5.74) is 2.32. The molecule has 6 nitrogen and oxygen atoms in total. The maximum Gasteiger partial charge on any atom is 0.410 e. The smallest absolute Gasteiger partial charge is 0.410 e. The molecule has 0 saturated heterocycles. The molecule has 4 rings (SSSR count). The second-order valence-electron chi connectivity index (χ2n) is 11.3. The summed E-state index contributed by atoms with van der Waals surface area (Å²) in [5, 5.41) is 0. The van der Waals surface area contributed by atoms with Crippen molar-refractivity contribution in [3.8, 4) is 0 Å². The van der Waals surface area contributed by atoms with E-state index in [9.17, 15) is 9.59 Å². The zero-order valence-electron chi connectivity index (χ0n) is 21.1. The fraction of sp³-hybridized carbons (Fsp3) is 0.536. The highest BCUT2D eigenvalue weighted by atomic mass is 16.6. The van der Waals surface area contributed by atoms with E-state index in [-0.39, 0.29) is 29.4 Å². The zero-order chi connectivity index (χ0) is 24.5. The summed E-state index contributed by atoms with van der Waals surface area (Å²) in [6.45, 7) is 11.1. The Balaban J connectivity index is 1.45. The number of anilines is 1.